The average Bonchev–Trinajstić information content (AvgIpc) is 3.40. The van der Waals surface area contributed by atoms with E-state index >= 15 is 0 Å². The molecule has 0 aliphatic carbocycles. The number of para-hydroxylation sites is 2. The molecule has 4 rings (SSSR count). The SMILES string of the molecule is CC1(C)C(/C=C/C=C/C=C2\Nc3ccccc3C2(C)C)=[N+](CCCCCC=O)c2ccccc21.CNCCCCCCC(C)C. The van der Waals surface area contributed by atoms with Crippen molar-refractivity contribution >= 4 is 23.4 Å². The van der Waals surface area contributed by atoms with Gasteiger partial charge in [0.1, 0.15) is 12.8 Å². The molecule has 0 spiro atoms. The highest BCUT2D eigenvalue weighted by atomic mass is 16.1. The Balaban J connectivity index is 0.000000430. The molecule has 0 atom stereocenters. The Bertz CT molecular complexity index is 1340. The minimum atomic E-state index is -0.0428. The fraction of sp³-hybridized carbons (Fsp3) is 0.512. The Kier molecular flexibility index (Phi) is 14.5. The van der Waals surface area contributed by atoms with E-state index in [1.165, 1.54) is 72.6 Å². The third-order valence-corrected chi connectivity index (χ3v) is 9.24. The lowest BCUT2D eigenvalue weighted by molar-refractivity contribution is -0.438. The first kappa shape index (κ1) is 36.2. The summed E-state index contributed by atoms with van der Waals surface area (Å²) >= 11 is 0. The summed E-state index contributed by atoms with van der Waals surface area (Å²) in [6.45, 7) is 15.9. The average molecular weight is 611 g/mol. The van der Waals surface area contributed by atoms with Gasteiger partial charge in [-0.1, -0.05) is 108 Å². The fourth-order valence-electron chi connectivity index (χ4n) is 6.46. The van der Waals surface area contributed by atoms with Gasteiger partial charge < -0.3 is 15.4 Å². The number of hydrogen-bond acceptors (Lipinski definition) is 3. The zero-order valence-corrected chi connectivity index (χ0v) is 29.3. The van der Waals surface area contributed by atoms with Crippen molar-refractivity contribution in [3.05, 3.63) is 95.7 Å². The van der Waals surface area contributed by atoms with Crippen molar-refractivity contribution < 1.29 is 9.37 Å². The van der Waals surface area contributed by atoms with Gasteiger partial charge in [-0.05, 0) is 70.3 Å². The molecule has 0 saturated heterocycles. The summed E-state index contributed by atoms with van der Waals surface area (Å²) in [4.78, 5) is 10.6. The van der Waals surface area contributed by atoms with E-state index in [0.29, 0.717) is 6.42 Å². The van der Waals surface area contributed by atoms with Crippen molar-refractivity contribution in [3.63, 3.8) is 0 Å². The zero-order chi connectivity index (χ0) is 32.7. The Morgan fingerprint density at radius 1 is 0.800 bits per heavy atom. The zero-order valence-electron chi connectivity index (χ0n) is 29.3. The normalized spacial score (nSPS) is 17.1. The van der Waals surface area contributed by atoms with Gasteiger partial charge in [-0.3, -0.25) is 0 Å². The number of rotatable bonds is 16. The van der Waals surface area contributed by atoms with E-state index in [9.17, 15) is 4.79 Å². The van der Waals surface area contributed by atoms with Crippen LogP contribution in [0.4, 0.5) is 11.4 Å². The van der Waals surface area contributed by atoms with Gasteiger partial charge >= 0.3 is 0 Å². The highest BCUT2D eigenvalue weighted by Crippen LogP contribution is 2.43. The van der Waals surface area contributed by atoms with Crippen LogP contribution in [0.3, 0.4) is 0 Å². The summed E-state index contributed by atoms with van der Waals surface area (Å²) < 4.78 is 2.47. The van der Waals surface area contributed by atoms with Gasteiger partial charge in [-0.25, -0.2) is 0 Å². The minimum absolute atomic E-state index is 0.0187. The summed E-state index contributed by atoms with van der Waals surface area (Å²) in [7, 11) is 2.02. The van der Waals surface area contributed by atoms with E-state index in [0.717, 1.165) is 38.0 Å². The molecule has 2 aliphatic rings. The molecule has 4 nitrogen and oxygen atoms in total. The molecule has 0 fully saturated rings. The van der Waals surface area contributed by atoms with Crippen LogP contribution in [0, 0.1) is 5.92 Å². The van der Waals surface area contributed by atoms with Crippen LogP contribution in [0.5, 0.6) is 0 Å². The van der Waals surface area contributed by atoms with Gasteiger partial charge in [0.2, 0.25) is 5.69 Å². The third-order valence-electron chi connectivity index (χ3n) is 9.24. The predicted octanol–water partition coefficient (Wildman–Crippen LogP) is 10.0. The maximum Gasteiger partial charge on any atom is 0.209 e. The molecule has 2 aromatic carbocycles. The molecular weight excluding hydrogens is 550 g/mol. The molecule has 244 valence electrons. The van der Waals surface area contributed by atoms with Gasteiger partial charge in [0.25, 0.3) is 0 Å². The number of aldehydes is 1. The van der Waals surface area contributed by atoms with Crippen LogP contribution in [-0.2, 0) is 15.6 Å². The second-order valence-electron chi connectivity index (χ2n) is 14.0. The molecule has 2 aliphatic heterocycles. The second kappa shape index (κ2) is 18.0. The highest BCUT2D eigenvalue weighted by molar-refractivity contribution is 6.03. The molecule has 0 unspecified atom stereocenters. The maximum atomic E-state index is 10.6. The van der Waals surface area contributed by atoms with Crippen molar-refractivity contribution in [1.82, 2.24) is 5.32 Å². The Labute approximate surface area is 274 Å². The molecule has 2 N–H and O–H groups in total. The smallest absolute Gasteiger partial charge is 0.209 e. The number of allylic oxidation sites excluding steroid dienone is 6. The van der Waals surface area contributed by atoms with Crippen LogP contribution in [0.1, 0.15) is 110 Å². The van der Waals surface area contributed by atoms with Crippen LogP contribution in [0.2, 0.25) is 0 Å². The van der Waals surface area contributed by atoms with E-state index in [4.69, 9.17) is 0 Å². The lowest BCUT2D eigenvalue weighted by atomic mass is 9.81. The largest absolute Gasteiger partial charge is 0.358 e. The quantitative estimate of drug-likeness (QED) is 0.0860. The monoisotopic (exact) mass is 610 g/mol. The molecule has 0 aromatic heterocycles. The maximum absolute atomic E-state index is 10.6. The van der Waals surface area contributed by atoms with Crippen LogP contribution in [0.25, 0.3) is 0 Å². The lowest BCUT2D eigenvalue weighted by Crippen LogP contribution is -2.27. The molecule has 0 amide bonds. The van der Waals surface area contributed by atoms with E-state index in [1.54, 1.807) is 0 Å². The molecule has 2 heterocycles. The Morgan fingerprint density at radius 3 is 2.20 bits per heavy atom. The second-order valence-corrected chi connectivity index (χ2v) is 14.0. The standard InChI is InChI=1S/C31H36N2O.C10H23N/c1-30(2)24-16-10-12-18-26(24)32-28(30)20-8-7-9-21-29-31(3,4)25-17-11-13-19-27(25)33(29)22-14-5-6-15-23-34;1-10(2)8-6-4-5-7-9-11-3/h7-13,16-21,23H,5-6,14-15,22H2,1-4H3;10-11H,4-9H2,1-3H3/p+1. The van der Waals surface area contributed by atoms with Gasteiger partial charge in [-0.15, -0.1) is 0 Å². The molecule has 2 aromatic rings. The van der Waals surface area contributed by atoms with Crippen molar-refractivity contribution in [2.45, 2.75) is 110 Å². The van der Waals surface area contributed by atoms with Crippen molar-refractivity contribution in [3.8, 4) is 0 Å². The van der Waals surface area contributed by atoms with Crippen LogP contribution >= 0.6 is 0 Å². The van der Waals surface area contributed by atoms with Gasteiger partial charge in [-0.2, -0.15) is 4.58 Å². The third kappa shape index (κ3) is 10.1. The molecule has 0 bridgehead atoms. The van der Waals surface area contributed by atoms with E-state index < -0.39 is 0 Å². The number of unbranched alkanes of at least 4 members (excludes halogenated alkanes) is 6. The predicted molar refractivity (Wildman–Crippen MR) is 195 cm³/mol. The van der Waals surface area contributed by atoms with Crippen molar-refractivity contribution in [1.29, 1.82) is 0 Å². The van der Waals surface area contributed by atoms with Gasteiger partial charge in [0.05, 0.1) is 5.41 Å². The Morgan fingerprint density at radius 2 is 1.49 bits per heavy atom. The number of nitrogens with zero attached hydrogens (tertiary/aromatic N) is 1. The molecular formula is C41H60N3O+. The number of anilines is 1. The Hall–Kier alpha value is -3.24. The first-order chi connectivity index (χ1) is 21.6. The van der Waals surface area contributed by atoms with Crippen LogP contribution in [-0.4, -0.2) is 36.7 Å². The molecule has 4 heteroatoms. The van der Waals surface area contributed by atoms with E-state index in [2.05, 4.69) is 136 Å². The lowest BCUT2D eigenvalue weighted by Gasteiger charge is -2.19. The fourth-order valence-corrected chi connectivity index (χ4v) is 6.46. The minimum Gasteiger partial charge on any atom is -0.358 e. The number of benzene rings is 2. The highest BCUT2D eigenvalue weighted by Gasteiger charge is 2.43. The number of fused-ring (bicyclic) bond motifs is 2. The first-order valence-electron chi connectivity index (χ1n) is 17.4. The van der Waals surface area contributed by atoms with Crippen LogP contribution < -0.4 is 10.6 Å². The van der Waals surface area contributed by atoms with Crippen molar-refractivity contribution in [2.75, 3.05) is 25.5 Å². The van der Waals surface area contributed by atoms with Gasteiger partial charge in [0, 0.05) is 47.3 Å². The number of carbonyl (C=O) groups excluding carboxylic acids is 1. The topological polar surface area (TPSA) is 44.1 Å². The summed E-state index contributed by atoms with van der Waals surface area (Å²) in [5, 5.41) is 6.74. The summed E-state index contributed by atoms with van der Waals surface area (Å²) in [6, 6.07) is 17.3. The molecule has 0 saturated carbocycles. The van der Waals surface area contributed by atoms with Crippen LogP contribution in [0.15, 0.2) is 84.6 Å². The molecule has 0 radical (unpaired) electrons. The van der Waals surface area contributed by atoms with E-state index in [-0.39, 0.29) is 10.8 Å². The van der Waals surface area contributed by atoms with Crippen molar-refractivity contribution in [2.24, 2.45) is 5.92 Å². The number of hydrogen-bond donors (Lipinski definition) is 2. The summed E-state index contributed by atoms with van der Waals surface area (Å²) in [5.74, 6) is 0.888. The van der Waals surface area contributed by atoms with Gasteiger partial charge in [0.15, 0.2) is 5.71 Å². The number of carbonyl (C=O) groups is 1. The number of nitrogens with one attached hydrogen (secondary N) is 2. The van der Waals surface area contributed by atoms with E-state index in [1.807, 2.05) is 7.05 Å². The molecule has 45 heavy (non-hydrogen) atoms. The first-order valence-corrected chi connectivity index (χ1v) is 17.4. The summed E-state index contributed by atoms with van der Waals surface area (Å²) in [5.41, 5.74) is 7.72. The summed E-state index contributed by atoms with van der Waals surface area (Å²) in [6.07, 6.45) is 22.7.